The lowest BCUT2D eigenvalue weighted by molar-refractivity contribution is -0.192. The number of carboxylic acids is 1. The monoisotopic (exact) mass is 465 g/mol. The highest BCUT2D eigenvalue weighted by Crippen LogP contribution is 2.31. The van der Waals surface area contributed by atoms with Crippen LogP contribution in [-0.2, 0) is 16.1 Å². The molecular weight excluding hydrogens is 439 g/mol. The van der Waals surface area contributed by atoms with Crippen LogP contribution in [-0.4, -0.2) is 50.7 Å². The minimum atomic E-state index is -5.08. The number of anilines is 1. The number of nitrogens with one attached hydrogen (secondary N) is 1. The summed E-state index contributed by atoms with van der Waals surface area (Å²) in [6, 6.07) is 3.65. The Bertz CT molecular complexity index is 915. The van der Waals surface area contributed by atoms with Crippen LogP contribution < -0.4 is 10.2 Å². The number of rotatable bonds is 5. The molecule has 1 saturated heterocycles. The van der Waals surface area contributed by atoms with Crippen molar-refractivity contribution in [1.29, 1.82) is 0 Å². The molecule has 0 unspecified atom stereocenters. The largest absolute Gasteiger partial charge is 0.490 e. The molecule has 33 heavy (non-hydrogen) atoms. The molecule has 0 aromatic carbocycles. The van der Waals surface area contributed by atoms with Crippen molar-refractivity contribution in [2.75, 3.05) is 11.4 Å². The van der Waals surface area contributed by atoms with E-state index in [0.29, 0.717) is 12.5 Å². The Hall–Kier alpha value is -3.08. The summed E-state index contributed by atoms with van der Waals surface area (Å²) < 4.78 is 31.7. The van der Waals surface area contributed by atoms with Gasteiger partial charge in [0, 0.05) is 18.3 Å². The van der Waals surface area contributed by atoms with Crippen LogP contribution >= 0.6 is 0 Å². The van der Waals surface area contributed by atoms with Crippen molar-refractivity contribution in [3.05, 3.63) is 48.3 Å². The minimum Gasteiger partial charge on any atom is -0.475 e. The highest BCUT2D eigenvalue weighted by atomic mass is 19.4. The normalized spacial score (nSPS) is 18.5. The Morgan fingerprint density at radius 1 is 1.09 bits per heavy atom. The van der Waals surface area contributed by atoms with Gasteiger partial charge in [-0.2, -0.15) is 13.2 Å². The highest BCUT2D eigenvalue weighted by Gasteiger charge is 2.38. The summed E-state index contributed by atoms with van der Waals surface area (Å²) in [5, 5.41) is 10.3. The number of carbonyl (C=O) groups excluding carboxylic acids is 1. The first-order valence-corrected chi connectivity index (χ1v) is 10.8. The zero-order valence-electron chi connectivity index (χ0n) is 18.0. The van der Waals surface area contributed by atoms with Crippen LogP contribution in [0.3, 0.4) is 0 Å². The molecule has 2 aromatic rings. The number of carboxylic acid groups (broad SMARTS) is 1. The van der Waals surface area contributed by atoms with E-state index >= 15 is 0 Å². The molecule has 8 nitrogen and oxygen atoms in total. The number of aromatic nitrogens is 3. The summed E-state index contributed by atoms with van der Waals surface area (Å²) in [5.41, 5.74) is 2.69. The summed E-state index contributed by atoms with van der Waals surface area (Å²) >= 11 is 0. The molecule has 3 heterocycles. The van der Waals surface area contributed by atoms with Crippen molar-refractivity contribution in [1.82, 2.24) is 20.3 Å². The molecule has 0 spiro atoms. The number of amides is 1. The van der Waals surface area contributed by atoms with Gasteiger partial charge < -0.3 is 15.3 Å². The fourth-order valence-electron chi connectivity index (χ4n) is 3.72. The molecule has 0 radical (unpaired) electrons. The van der Waals surface area contributed by atoms with Gasteiger partial charge in [0.2, 0.25) is 5.91 Å². The van der Waals surface area contributed by atoms with Crippen molar-refractivity contribution < 1.29 is 27.9 Å². The van der Waals surface area contributed by atoms with Gasteiger partial charge in [0.1, 0.15) is 0 Å². The second kappa shape index (κ2) is 11.2. The Morgan fingerprint density at radius 3 is 2.27 bits per heavy atom. The molecule has 2 aromatic heterocycles. The van der Waals surface area contributed by atoms with Crippen molar-refractivity contribution in [2.45, 2.75) is 63.2 Å². The Labute approximate surface area is 189 Å². The number of carbonyl (C=O) groups is 2. The zero-order chi connectivity index (χ0) is 23.8. The molecule has 0 bridgehead atoms. The average Bonchev–Trinajstić information content (AvgIpc) is 2.77. The molecule has 1 amide bonds. The zero-order valence-corrected chi connectivity index (χ0v) is 18.0. The van der Waals surface area contributed by atoms with Crippen LogP contribution in [0, 0.1) is 0 Å². The molecule has 2 aliphatic rings. The molecule has 1 atom stereocenters. The van der Waals surface area contributed by atoms with E-state index in [-0.39, 0.29) is 11.9 Å². The van der Waals surface area contributed by atoms with Gasteiger partial charge in [0.15, 0.2) is 0 Å². The molecule has 2 N–H and O–H groups in total. The fourth-order valence-corrected chi connectivity index (χ4v) is 3.72. The van der Waals surface area contributed by atoms with Gasteiger partial charge in [0.25, 0.3) is 0 Å². The molecule has 178 valence electrons. The van der Waals surface area contributed by atoms with Crippen molar-refractivity contribution in [3.63, 3.8) is 0 Å². The molecule has 2 fully saturated rings. The van der Waals surface area contributed by atoms with E-state index in [1.54, 1.807) is 17.3 Å². The topological polar surface area (TPSA) is 108 Å². The summed E-state index contributed by atoms with van der Waals surface area (Å²) in [5.74, 6) is -2.14. The third kappa shape index (κ3) is 6.95. The van der Waals surface area contributed by atoms with Crippen LogP contribution in [0.15, 0.2) is 36.9 Å². The number of pyridine rings is 1. The van der Waals surface area contributed by atoms with E-state index in [9.17, 15) is 18.0 Å². The maximum absolute atomic E-state index is 12.8. The van der Waals surface area contributed by atoms with E-state index in [1.165, 1.54) is 32.1 Å². The van der Waals surface area contributed by atoms with E-state index < -0.39 is 12.1 Å². The first kappa shape index (κ1) is 24.6. The van der Waals surface area contributed by atoms with Gasteiger partial charge in [-0.1, -0.05) is 19.3 Å². The summed E-state index contributed by atoms with van der Waals surface area (Å²) in [4.78, 5) is 36.9. The van der Waals surface area contributed by atoms with Gasteiger partial charge in [-0.3, -0.25) is 19.7 Å². The number of hydrogen-bond acceptors (Lipinski definition) is 6. The number of hydrogen-bond donors (Lipinski definition) is 2. The van der Waals surface area contributed by atoms with Crippen LogP contribution in [0.5, 0.6) is 0 Å². The number of nitrogens with zero attached hydrogens (tertiary/aromatic N) is 4. The third-order valence-corrected chi connectivity index (χ3v) is 5.66. The standard InChI is InChI=1S/C20H25N5O.C2HF3O2/c26-20(18-8-10-22-18)25(17-7-4-9-21-12-17)14-16-11-24-19(13-23-16)15-5-2-1-3-6-15;3-2(4,5)1(6)7/h4,7,9,11-13,15,18,22H,1-3,5-6,8,10,14H2;(H,6,7)/t18-;/m1./s1. The van der Waals surface area contributed by atoms with Crippen LogP contribution in [0.4, 0.5) is 18.9 Å². The van der Waals surface area contributed by atoms with Gasteiger partial charge in [-0.15, -0.1) is 0 Å². The lowest BCUT2D eigenvalue weighted by Gasteiger charge is -2.32. The van der Waals surface area contributed by atoms with E-state index in [0.717, 1.165) is 30.0 Å². The van der Waals surface area contributed by atoms with Crippen LogP contribution in [0.2, 0.25) is 0 Å². The van der Waals surface area contributed by atoms with Gasteiger partial charge >= 0.3 is 12.1 Å². The molecule has 11 heteroatoms. The van der Waals surface area contributed by atoms with E-state index in [4.69, 9.17) is 9.90 Å². The van der Waals surface area contributed by atoms with Crippen LogP contribution in [0.25, 0.3) is 0 Å². The first-order valence-electron chi connectivity index (χ1n) is 10.8. The quantitative estimate of drug-likeness (QED) is 0.696. The minimum absolute atomic E-state index is 0.0717. The Kier molecular flexibility index (Phi) is 8.32. The van der Waals surface area contributed by atoms with Crippen molar-refractivity contribution >= 4 is 17.6 Å². The first-order chi connectivity index (χ1) is 15.8. The second-order valence-electron chi connectivity index (χ2n) is 8.00. The molecule has 1 saturated carbocycles. The summed E-state index contributed by atoms with van der Waals surface area (Å²) in [7, 11) is 0. The number of halogens is 3. The molecule has 1 aliphatic heterocycles. The van der Waals surface area contributed by atoms with Gasteiger partial charge in [0.05, 0.1) is 42.1 Å². The smallest absolute Gasteiger partial charge is 0.475 e. The SMILES string of the molecule is O=C(O)C(F)(F)F.O=C([C@H]1CCN1)N(Cc1cnc(C2CCCCC2)cn1)c1cccnc1. The van der Waals surface area contributed by atoms with Gasteiger partial charge in [-0.25, -0.2) is 4.79 Å². The van der Waals surface area contributed by atoms with Crippen molar-refractivity contribution in [2.24, 2.45) is 0 Å². The summed E-state index contributed by atoms with van der Waals surface area (Å²) in [6.45, 7) is 1.31. The maximum atomic E-state index is 12.8. The highest BCUT2D eigenvalue weighted by molar-refractivity contribution is 5.97. The van der Waals surface area contributed by atoms with Gasteiger partial charge in [-0.05, 0) is 37.9 Å². The third-order valence-electron chi connectivity index (χ3n) is 5.66. The lowest BCUT2D eigenvalue weighted by atomic mass is 9.87. The predicted octanol–water partition coefficient (Wildman–Crippen LogP) is 3.45. The fraction of sp³-hybridized carbons (Fsp3) is 0.500. The number of alkyl halides is 3. The maximum Gasteiger partial charge on any atom is 0.490 e. The second-order valence-corrected chi connectivity index (χ2v) is 8.00. The Balaban J connectivity index is 0.000000383. The molecule has 4 rings (SSSR count). The van der Waals surface area contributed by atoms with Crippen LogP contribution in [0.1, 0.15) is 55.8 Å². The Morgan fingerprint density at radius 2 is 1.79 bits per heavy atom. The molecule has 1 aliphatic carbocycles. The average molecular weight is 465 g/mol. The van der Waals surface area contributed by atoms with Crippen molar-refractivity contribution in [3.8, 4) is 0 Å². The van der Waals surface area contributed by atoms with E-state index in [1.807, 2.05) is 24.5 Å². The van der Waals surface area contributed by atoms with E-state index in [2.05, 4.69) is 20.3 Å². The number of aliphatic carboxylic acids is 1. The molecular formula is C22H26F3N5O3. The predicted molar refractivity (Wildman–Crippen MR) is 113 cm³/mol. The lowest BCUT2D eigenvalue weighted by Crippen LogP contribution is -2.54. The summed E-state index contributed by atoms with van der Waals surface area (Å²) in [6.07, 6.45) is 9.28.